The molecule has 0 spiro atoms. The standard InChI is InChI=1S/C7H15IN/c1-6-3-2-4-7(5-6)8-9/h6-7H,2-5,9H2,1H3/q-1. The molecule has 0 aromatic carbocycles. The summed E-state index contributed by atoms with van der Waals surface area (Å²) in [7, 11) is 0. The minimum atomic E-state index is 0.0591. The van der Waals surface area contributed by atoms with Crippen molar-refractivity contribution in [2.24, 2.45) is 9.86 Å². The van der Waals surface area contributed by atoms with Crippen LogP contribution in [0.3, 0.4) is 0 Å². The Morgan fingerprint density at radius 3 is 2.67 bits per heavy atom. The Labute approximate surface area is 68.0 Å². The van der Waals surface area contributed by atoms with Crippen LogP contribution in [-0.4, -0.2) is 3.92 Å². The third-order valence-corrected chi connectivity index (χ3v) is 4.20. The summed E-state index contributed by atoms with van der Waals surface area (Å²) in [5.41, 5.74) is 0. The quantitative estimate of drug-likeness (QED) is 0.338. The fourth-order valence-electron chi connectivity index (χ4n) is 1.47. The molecule has 1 saturated carbocycles. The Morgan fingerprint density at radius 1 is 1.44 bits per heavy atom. The van der Waals surface area contributed by atoms with Crippen LogP contribution in [0.1, 0.15) is 32.6 Å². The van der Waals surface area contributed by atoms with Gasteiger partial charge in [-0.1, -0.05) is 0 Å². The minimum absolute atomic E-state index is 0.0591. The first-order valence-electron chi connectivity index (χ1n) is 3.65. The molecule has 0 aromatic rings. The fraction of sp³-hybridized carbons (Fsp3) is 1.00. The van der Waals surface area contributed by atoms with Crippen LogP contribution in [0, 0.1) is 5.92 Å². The number of rotatable bonds is 1. The van der Waals surface area contributed by atoms with Crippen LogP contribution < -0.4 is 25.4 Å². The molecule has 2 unspecified atom stereocenters. The van der Waals surface area contributed by atoms with E-state index >= 15 is 0 Å². The number of halogens is 1. The summed E-state index contributed by atoms with van der Waals surface area (Å²) in [5, 5.41) is 0. The molecule has 0 saturated heterocycles. The second-order valence-corrected chi connectivity index (χ2v) is 5.48. The molecule has 0 aliphatic heterocycles. The summed E-state index contributed by atoms with van der Waals surface area (Å²) in [6.45, 7) is 2.35. The van der Waals surface area contributed by atoms with E-state index in [-0.39, 0.29) is 21.5 Å². The molecule has 1 aliphatic rings. The predicted octanol–water partition coefficient (Wildman–Crippen LogP) is -1.47. The number of hydrogen-bond donors (Lipinski definition) is 1. The van der Waals surface area contributed by atoms with E-state index in [1.165, 1.54) is 25.7 Å². The molecule has 2 N–H and O–H groups in total. The molecule has 1 rings (SSSR count). The van der Waals surface area contributed by atoms with Crippen molar-refractivity contribution in [1.29, 1.82) is 0 Å². The van der Waals surface area contributed by atoms with Gasteiger partial charge < -0.3 is 0 Å². The summed E-state index contributed by atoms with van der Waals surface area (Å²) in [6.07, 6.45) is 5.72. The molecule has 0 radical (unpaired) electrons. The molecule has 1 nitrogen and oxygen atoms in total. The van der Waals surface area contributed by atoms with Crippen LogP contribution >= 0.6 is 0 Å². The second-order valence-electron chi connectivity index (χ2n) is 3.00. The normalized spacial score (nSPS) is 37.1. The maximum absolute atomic E-state index is 5.68. The Balaban J connectivity index is 2.23. The monoisotopic (exact) mass is 240 g/mol. The van der Waals surface area contributed by atoms with Crippen molar-refractivity contribution >= 4 is 0 Å². The Hall–Kier alpha value is 0.690. The van der Waals surface area contributed by atoms with Gasteiger partial charge in [0, 0.05) is 0 Å². The van der Waals surface area contributed by atoms with Gasteiger partial charge in [0.1, 0.15) is 0 Å². The molecule has 9 heavy (non-hydrogen) atoms. The zero-order chi connectivity index (χ0) is 6.69. The first kappa shape index (κ1) is 7.79. The van der Waals surface area contributed by atoms with E-state index in [1.807, 2.05) is 0 Å². The molecule has 56 valence electrons. The van der Waals surface area contributed by atoms with Crippen LogP contribution in [0.4, 0.5) is 0 Å². The summed E-state index contributed by atoms with van der Waals surface area (Å²) in [6, 6.07) is 0. The average Bonchev–Trinajstić information content (AvgIpc) is 1.88. The van der Waals surface area contributed by atoms with Crippen molar-refractivity contribution < 1.29 is 21.5 Å². The van der Waals surface area contributed by atoms with E-state index in [4.69, 9.17) is 3.95 Å². The van der Waals surface area contributed by atoms with Crippen molar-refractivity contribution in [1.82, 2.24) is 0 Å². The molecule has 1 aliphatic carbocycles. The van der Waals surface area contributed by atoms with Gasteiger partial charge in [0.05, 0.1) is 0 Å². The first-order chi connectivity index (χ1) is 4.33. The van der Waals surface area contributed by atoms with Crippen LogP contribution in [0.5, 0.6) is 0 Å². The summed E-state index contributed by atoms with van der Waals surface area (Å²) < 4.78 is 6.63. The fourth-order valence-corrected chi connectivity index (χ4v) is 3.44. The van der Waals surface area contributed by atoms with Crippen molar-refractivity contribution in [2.75, 3.05) is 0 Å². The molecule has 0 bridgehead atoms. The molecule has 0 aromatic heterocycles. The van der Waals surface area contributed by atoms with Gasteiger partial charge in [-0.2, -0.15) is 0 Å². The van der Waals surface area contributed by atoms with E-state index < -0.39 is 0 Å². The van der Waals surface area contributed by atoms with E-state index in [9.17, 15) is 0 Å². The summed E-state index contributed by atoms with van der Waals surface area (Å²) in [5.74, 6) is 0.965. The molecule has 0 heterocycles. The number of alkyl halides is 1. The molecule has 0 amide bonds. The van der Waals surface area contributed by atoms with E-state index in [0.717, 1.165) is 9.84 Å². The zero-order valence-electron chi connectivity index (χ0n) is 5.94. The van der Waals surface area contributed by atoms with Gasteiger partial charge in [-0.05, 0) is 0 Å². The second kappa shape index (κ2) is 3.76. The SMILES string of the molecule is CC1CCCC([I-]N)C1. The topological polar surface area (TPSA) is 26.0 Å². The van der Waals surface area contributed by atoms with E-state index in [1.54, 1.807) is 0 Å². The van der Waals surface area contributed by atoms with Crippen LogP contribution in [0.25, 0.3) is 0 Å². The molecular formula is C7H15IN-. The molecule has 2 atom stereocenters. The van der Waals surface area contributed by atoms with Gasteiger partial charge in [0.2, 0.25) is 0 Å². The van der Waals surface area contributed by atoms with Crippen LogP contribution in [-0.2, 0) is 0 Å². The Morgan fingerprint density at radius 2 is 2.22 bits per heavy atom. The third kappa shape index (κ3) is 2.42. The van der Waals surface area contributed by atoms with Crippen LogP contribution in [0.15, 0.2) is 0 Å². The van der Waals surface area contributed by atoms with Crippen molar-refractivity contribution in [2.45, 2.75) is 36.5 Å². The Bertz CT molecular complexity index is 85.0. The predicted molar refractivity (Wildman–Crippen MR) is 35.6 cm³/mol. The summed E-state index contributed by atoms with van der Waals surface area (Å²) >= 11 is 0.0591. The molecular weight excluding hydrogens is 225 g/mol. The van der Waals surface area contributed by atoms with Gasteiger partial charge in [-0.15, -0.1) is 0 Å². The number of nitrogens with two attached hydrogens (primary N) is 1. The van der Waals surface area contributed by atoms with Gasteiger partial charge in [0.25, 0.3) is 0 Å². The van der Waals surface area contributed by atoms with Crippen molar-refractivity contribution in [3.8, 4) is 0 Å². The third-order valence-electron chi connectivity index (χ3n) is 2.05. The van der Waals surface area contributed by atoms with Gasteiger partial charge >= 0.3 is 67.9 Å². The van der Waals surface area contributed by atoms with Gasteiger partial charge in [-0.25, -0.2) is 0 Å². The van der Waals surface area contributed by atoms with E-state index in [2.05, 4.69) is 6.92 Å². The van der Waals surface area contributed by atoms with Gasteiger partial charge in [0.15, 0.2) is 0 Å². The van der Waals surface area contributed by atoms with Crippen molar-refractivity contribution in [3.05, 3.63) is 0 Å². The molecule has 1 fully saturated rings. The maximum atomic E-state index is 5.68. The summed E-state index contributed by atoms with van der Waals surface area (Å²) in [4.78, 5) is 0. The van der Waals surface area contributed by atoms with Crippen molar-refractivity contribution in [3.63, 3.8) is 0 Å². The first-order valence-corrected chi connectivity index (χ1v) is 6.14. The Kier molecular flexibility index (Phi) is 3.26. The average molecular weight is 240 g/mol. The number of hydrogen-bond acceptors (Lipinski definition) is 1. The molecule has 2 heteroatoms. The van der Waals surface area contributed by atoms with Gasteiger partial charge in [-0.3, -0.25) is 0 Å². The van der Waals surface area contributed by atoms with Crippen LogP contribution in [0.2, 0.25) is 0 Å². The zero-order valence-corrected chi connectivity index (χ0v) is 8.10. The van der Waals surface area contributed by atoms with E-state index in [0.29, 0.717) is 0 Å².